The average Bonchev–Trinajstić information content (AvgIpc) is 2.47. The maximum atomic E-state index is 11.9. The summed E-state index contributed by atoms with van der Waals surface area (Å²) in [5.41, 5.74) is 0.941. The van der Waals surface area contributed by atoms with Crippen LogP contribution in [0.1, 0.15) is 18.9 Å². The fourth-order valence-corrected chi connectivity index (χ4v) is 2.56. The van der Waals surface area contributed by atoms with Gasteiger partial charge in [0.1, 0.15) is 0 Å². The smallest absolute Gasteiger partial charge is 0.275 e. The second-order valence-corrected chi connectivity index (χ2v) is 6.34. The van der Waals surface area contributed by atoms with Crippen LogP contribution in [0, 0.1) is 0 Å². The number of halogens is 2. The van der Waals surface area contributed by atoms with E-state index < -0.39 is 0 Å². The molecule has 1 aromatic rings. The second-order valence-electron chi connectivity index (χ2n) is 5.50. The molecule has 0 saturated carbocycles. The molecule has 0 aliphatic carbocycles. The topological polar surface area (TPSA) is 62.6 Å². The van der Waals surface area contributed by atoms with Gasteiger partial charge in [0.25, 0.3) is 11.8 Å². The van der Waals surface area contributed by atoms with Crippen molar-refractivity contribution in [3.05, 3.63) is 33.8 Å². The molecule has 0 bridgehead atoms. The van der Waals surface area contributed by atoms with E-state index in [9.17, 15) is 9.59 Å². The van der Waals surface area contributed by atoms with Gasteiger partial charge in [-0.25, -0.2) is 0 Å². The van der Waals surface area contributed by atoms with Crippen LogP contribution < -0.4 is 15.5 Å². The molecular weight excluding hydrogens is 337 g/mol. The summed E-state index contributed by atoms with van der Waals surface area (Å²) in [5.74, 6) is -0.124. The van der Waals surface area contributed by atoms with Gasteiger partial charge in [-0.05, 0) is 30.5 Å². The fraction of sp³-hybridized carbons (Fsp3) is 0.500. The Bertz CT molecular complexity index is 538. The van der Waals surface area contributed by atoms with Gasteiger partial charge in [-0.2, -0.15) is 0 Å². The number of carbonyl (C=O) groups is 2. The van der Waals surface area contributed by atoms with Crippen LogP contribution in [0.3, 0.4) is 0 Å². The molecule has 0 heterocycles. The van der Waals surface area contributed by atoms with Crippen LogP contribution in [0.2, 0.25) is 10.0 Å². The molecule has 1 unspecified atom stereocenters. The minimum Gasteiger partial charge on any atom is -0.351 e. The van der Waals surface area contributed by atoms with E-state index in [0.717, 1.165) is 16.9 Å². The molecule has 0 aliphatic heterocycles. The van der Waals surface area contributed by atoms with E-state index in [4.69, 9.17) is 23.2 Å². The van der Waals surface area contributed by atoms with Crippen LogP contribution in [0.5, 0.6) is 0 Å². The largest absolute Gasteiger partial charge is 0.351 e. The number of benzene rings is 1. The summed E-state index contributed by atoms with van der Waals surface area (Å²) in [6, 6.07) is 5.32. The van der Waals surface area contributed by atoms with Crippen LogP contribution in [-0.4, -0.2) is 45.0 Å². The van der Waals surface area contributed by atoms with E-state index in [1.54, 1.807) is 12.1 Å². The Kier molecular flexibility index (Phi) is 8.99. The van der Waals surface area contributed by atoms with Crippen molar-refractivity contribution in [3.63, 3.8) is 0 Å². The molecule has 1 rings (SSSR count). The van der Waals surface area contributed by atoms with E-state index in [1.165, 1.54) is 0 Å². The zero-order valence-corrected chi connectivity index (χ0v) is 15.1. The third-order valence-electron chi connectivity index (χ3n) is 3.23. The third kappa shape index (κ3) is 8.21. The Hall–Kier alpha value is -1.30. The summed E-state index contributed by atoms with van der Waals surface area (Å²) >= 11 is 11.9. The lowest BCUT2D eigenvalue weighted by atomic mass is 10.1. The highest BCUT2D eigenvalue weighted by Gasteiger charge is 2.13. The van der Waals surface area contributed by atoms with Gasteiger partial charge in [-0.1, -0.05) is 36.2 Å². The Morgan fingerprint density at radius 2 is 1.70 bits per heavy atom. The Labute approximate surface area is 147 Å². The number of amides is 2. The Balaban J connectivity index is 2.27. The van der Waals surface area contributed by atoms with E-state index in [0.29, 0.717) is 29.6 Å². The quantitative estimate of drug-likeness (QED) is 0.606. The van der Waals surface area contributed by atoms with Gasteiger partial charge < -0.3 is 15.5 Å². The fourth-order valence-electron chi connectivity index (χ4n) is 2.06. The molecule has 0 radical (unpaired) electrons. The maximum Gasteiger partial charge on any atom is 0.275 e. The van der Waals surface area contributed by atoms with Gasteiger partial charge in [0.05, 0.1) is 7.05 Å². The number of nitrogens with one attached hydrogen (secondary N) is 3. The van der Waals surface area contributed by atoms with E-state index in [2.05, 4.69) is 10.6 Å². The molecule has 1 atom stereocenters. The lowest BCUT2D eigenvalue weighted by molar-refractivity contribution is -0.862. The number of hydrogen-bond acceptors (Lipinski definition) is 2. The lowest BCUT2D eigenvalue weighted by Crippen LogP contribution is -3.11. The van der Waals surface area contributed by atoms with Crippen molar-refractivity contribution >= 4 is 35.0 Å². The third-order valence-corrected chi connectivity index (χ3v) is 3.82. The van der Waals surface area contributed by atoms with Crippen molar-refractivity contribution in [3.8, 4) is 0 Å². The van der Waals surface area contributed by atoms with Gasteiger partial charge in [0.15, 0.2) is 13.1 Å². The summed E-state index contributed by atoms with van der Waals surface area (Å²) < 4.78 is 0. The standard InChI is InChI=1S/C16H23Cl2N3O2/c1-3-7-19-15(22)10-21(2)11-16(23)20-8-6-12-4-5-13(17)9-14(12)18/h4-5,9H,3,6-8,10-11H2,1-2H3,(H,19,22)(H,20,23)/p+1. The number of hydrogen-bond donors (Lipinski definition) is 3. The molecule has 0 spiro atoms. The normalized spacial score (nSPS) is 11.8. The van der Waals surface area contributed by atoms with Crippen molar-refractivity contribution < 1.29 is 14.5 Å². The van der Waals surface area contributed by atoms with Gasteiger partial charge >= 0.3 is 0 Å². The molecule has 23 heavy (non-hydrogen) atoms. The van der Waals surface area contributed by atoms with Crippen LogP contribution >= 0.6 is 23.2 Å². The zero-order chi connectivity index (χ0) is 17.2. The van der Waals surface area contributed by atoms with E-state index in [-0.39, 0.29) is 24.9 Å². The van der Waals surface area contributed by atoms with E-state index >= 15 is 0 Å². The summed E-state index contributed by atoms with van der Waals surface area (Å²) in [7, 11) is 1.82. The summed E-state index contributed by atoms with van der Waals surface area (Å²) in [6.07, 6.45) is 1.54. The Morgan fingerprint density at radius 1 is 1.09 bits per heavy atom. The first-order valence-corrected chi connectivity index (χ1v) is 8.46. The minimum absolute atomic E-state index is 0.0369. The van der Waals surface area contributed by atoms with Crippen LogP contribution in [0.4, 0.5) is 0 Å². The summed E-state index contributed by atoms with van der Waals surface area (Å²) in [5, 5.41) is 6.82. The highest BCUT2D eigenvalue weighted by atomic mass is 35.5. The van der Waals surface area contributed by atoms with Crippen molar-refractivity contribution in [1.29, 1.82) is 0 Å². The zero-order valence-electron chi connectivity index (χ0n) is 13.5. The summed E-state index contributed by atoms with van der Waals surface area (Å²) in [6.45, 7) is 3.71. The SMILES string of the molecule is CCCNC(=O)C[NH+](C)CC(=O)NCCc1ccc(Cl)cc1Cl. The molecule has 7 heteroatoms. The van der Waals surface area contributed by atoms with E-state index in [1.807, 2.05) is 20.0 Å². The number of rotatable bonds is 9. The highest BCUT2D eigenvalue weighted by molar-refractivity contribution is 6.35. The first-order chi connectivity index (χ1) is 10.9. The molecule has 0 aliphatic rings. The molecule has 5 nitrogen and oxygen atoms in total. The average molecular weight is 361 g/mol. The van der Waals surface area contributed by atoms with Crippen molar-refractivity contribution in [2.75, 3.05) is 33.2 Å². The van der Waals surface area contributed by atoms with Crippen molar-refractivity contribution in [2.45, 2.75) is 19.8 Å². The van der Waals surface area contributed by atoms with Gasteiger partial charge in [0, 0.05) is 23.1 Å². The molecule has 0 saturated heterocycles. The maximum absolute atomic E-state index is 11.9. The lowest BCUT2D eigenvalue weighted by Gasteiger charge is -2.13. The van der Waals surface area contributed by atoms with Gasteiger partial charge in [-0.3, -0.25) is 9.59 Å². The first kappa shape index (κ1) is 19.7. The van der Waals surface area contributed by atoms with Crippen LogP contribution in [0.25, 0.3) is 0 Å². The van der Waals surface area contributed by atoms with Gasteiger partial charge in [-0.15, -0.1) is 0 Å². The molecule has 128 valence electrons. The number of quaternary nitrogens is 1. The molecule has 0 aromatic heterocycles. The Morgan fingerprint density at radius 3 is 2.26 bits per heavy atom. The minimum atomic E-state index is -0.0872. The molecule has 2 amide bonds. The highest BCUT2D eigenvalue weighted by Crippen LogP contribution is 2.20. The summed E-state index contributed by atoms with van der Waals surface area (Å²) in [4.78, 5) is 24.3. The molecule has 3 N–H and O–H groups in total. The van der Waals surface area contributed by atoms with Crippen molar-refractivity contribution in [1.82, 2.24) is 10.6 Å². The molecule has 0 fully saturated rings. The van der Waals surface area contributed by atoms with Crippen molar-refractivity contribution in [2.24, 2.45) is 0 Å². The number of carbonyl (C=O) groups excluding carboxylic acids is 2. The molecular formula is C16H24Cl2N3O2+. The van der Waals surface area contributed by atoms with Crippen LogP contribution in [0.15, 0.2) is 18.2 Å². The number of likely N-dealkylation sites (N-methyl/N-ethyl adjacent to an activating group) is 1. The predicted octanol–water partition coefficient (Wildman–Crippen LogP) is 0.693. The molecule has 1 aromatic carbocycles. The predicted molar refractivity (Wildman–Crippen MR) is 93.1 cm³/mol. The van der Waals surface area contributed by atoms with Crippen LogP contribution in [-0.2, 0) is 16.0 Å². The van der Waals surface area contributed by atoms with Gasteiger partial charge in [0.2, 0.25) is 0 Å². The first-order valence-electron chi connectivity index (χ1n) is 7.71. The second kappa shape index (κ2) is 10.5. The monoisotopic (exact) mass is 360 g/mol.